The monoisotopic (exact) mass is 644 g/mol. The van der Waals surface area contributed by atoms with E-state index in [1.54, 1.807) is 11.1 Å². The molecule has 206 valence electrons. The van der Waals surface area contributed by atoms with Gasteiger partial charge in [-0.1, -0.05) is 135 Å². The molecule has 2 aliphatic heterocycles. The molecule has 2 aliphatic carbocycles. The van der Waals surface area contributed by atoms with Gasteiger partial charge in [-0.15, -0.1) is 22.3 Å². The molecule has 4 aromatic carbocycles. The van der Waals surface area contributed by atoms with Crippen molar-refractivity contribution in [2.75, 3.05) is 0 Å². The molecule has 0 amide bonds. The molecule has 0 N–H and O–H groups in total. The van der Waals surface area contributed by atoms with Gasteiger partial charge >= 0.3 is 26.2 Å². The van der Waals surface area contributed by atoms with Crippen molar-refractivity contribution in [3.8, 4) is 22.3 Å². The molecule has 3 heteroatoms. The van der Waals surface area contributed by atoms with Crippen molar-refractivity contribution < 1.29 is 26.2 Å². The second kappa shape index (κ2) is 12.1. The third-order valence-electron chi connectivity index (χ3n) is 10.9. The maximum Gasteiger partial charge on any atom is 2.00 e. The van der Waals surface area contributed by atoms with E-state index >= 15 is 0 Å². The molecule has 8 rings (SSSR count). The fraction of sp³-hybridized carbons (Fsp3) is 0.368. The molecule has 0 aromatic heterocycles. The first-order valence-electron chi connectivity index (χ1n) is 15.9. The van der Waals surface area contributed by atoms with Gasteiger partial charge in [0.15, 0.2) is 0 Å². The summed E-state index contributed by atoms with van der Waals surface area (Å²) in [5.74, 6) is 0. The summed E-state index contributed by atoms with van der Waals surface area (Å²) < 4.78 is 0. The van der Waals surface area contributed by atoms with Gasteiger partial charge in [0, 0.05) is 0 Å². The Balaban J connectivity index is 0.000000144. The Morgan fingerprint density at radius 3 is 1.32 bits per heavy atom. The number of benzene rings is 4. The fourth-order valence-electron chi connectivity index (χ4n) is 9.04. The summed E-state index contributed by atoms with van der Waals surface area (Å²) in [6.07, 6.45) is 5.64. The standard InChI is InChI=1S/2C19H21Si.Zr/c2*1-2-12-20(13-7-14-20)19-17-10-5-3-8-15(17)16-9-4-6-11-18(16)19;/h2*3-6,8-10,19H,2,7,12-14H2,1H3;/q2*-1;+2. The van der Waals surface area contributed by atoms with Crippen LogP contribution in [-0.4, -0.2) is 16.1 Å². The van der Waals surface area contributed by atoms with Gasteiger partial charge in [-0.2, -0.15) is 48.5 Å². The zero-order chi connectivity index (χ0) is 27.2. The van der Waals surface area contributed by atoms with E-state index in [0.717, 1.165) is 11.1 Å². The molecule has 2 heterocycles. The molecule has 0 radical (unpaired) electrons. The number of rotatable bonds is 6. The zero-order valence-electron chi connectivity index (χ0n) is 24.8. The van der Waals surface area contributed by atoms with Crippen molar-refractivity contribution in [3.05, 3.63) is 119 Å². The van der Waals surface area contributed by atoms with Crippen molar-refractivity contribution >= 4 is 16.1 Å². The maximum absolute atomic E-state index is 3.61. The van der Waals surface area contributed by atoms with Crippen LogP contribution < -0.4 is 0 Å². The zero-order valence-corrected chi connectivity index (χ0v) is 29.3. The van der Waals surface area contributed by atoms with Crippen LogP contribution in [0.3, 0.4) is 0 Å². The number of hydrogen-bond acceptors (Lipinski definition) is 0. The Hall–Kier alpha value is -1.80. The van der Waals surface area contributed by atoms with Gasteiger partial charge in [-0.25, -0.2) is 0 Å². The Morgan fingerprint density at radius 2 is 0.951 bits per heavy atom. The molecule has 2 unspecified atom stereocenters. The minimum Gasteiger partial charge on any atom is -0.179 e. The molecule has 4 aromatic rings. The van der Waals surface area contributed by atoms with Crippen LogP contribution in [0.2, 0.25) is 36.3 Å². The smallest absolute Gasteiger partial charge is 0.179 e. The van der Waals surface area contributed by atoms with Crippen LogP contribution in [0.25, 0.3) is 22.3 Å². The van der Waals surface area contributed by atoms with Crippen LogP contribution in [0.1, 0.15) is 72.9 Å². The largest absolute Gasteiger partial charge is 2.00 e. The maximum atomic E-state index is 3.61. The van der Waals surface area contributed by atoms with Crippen LogP contribution in [0, 0.1) is 12.1 Å². The van der Waals surface area contributed by atoms with Gasteiger partial charge in [-0.05, 0) is 22.2 Å². The molecule has 2 atom stereocenters. The summed E-state index contributed by atoms with van der Waals surface area (Å²) in [4.78, 5) is 0. The molecular formula is C38H42Si2Zr. The van der Waals surface area contributed by atoms with Gasteiger partial charge in [0.2, 0.25) is 0 Å². The predicted molar refractivity (Wildman–Crippen MR) is 175 cm³/mol. The first kappa shape index (κ1) is 29.3. The topological polar surface area (TPSA) is 0 Å². The molecule has 0 spiro atoms. The Morgan fingerprint density at radius 1 is 0.561 bits per heavy atom. The van der Waals surface area contributed by atoms with Crippen molar-refractivity contribution in [2.24, 2.45) is 0 Å². The van der Waals surface area contributed by atoms with Gasteiger partial charge in [-0.3, -0.25) is 0 Å². The second-order valence-corrected chi connectivity index (χ2v) is 22.6. The number of hydrogen-bond donors (Lipinski definition) is 0. The first-order chi connectivity index (χ1) is 19.7. The van der Waals surface area contributed by atoms with E-state index in [4.69, 9.17) is 0 Å². The minimum atomic E-state index is -1.14. The summed E-state index contributed by atoms with van der Waals surface area (Å²) in [6.45, 7) is 4.73. The summed E-state index contributed by atoms with van der Waals surface area (Å²) >= 11 is 0. The van der Waals surface area contributed by atoms with E-state index in [2.05, 4.69) is 111 Å². The third kappa shape index (κ3) is 4.79. The van der Waals surface area contributed by atoms with Crippen molar-refractivity contribution in [1.82, 2.24) is 0 Å². The van der Waals surface area contributed by atoms with E-state index < -0.39 is 16.1 Å². The van der Waals surface area contributed by atoms with Crippen LogP contribution in [-0.2, 0) is 26.2 Å². The van der Waals surface area contributed by atoms with Crippen molar-refractivity contribution in [1.29, 1.82) is 0 Å². The van der Waals surface area contributed by atoms with Gasteiger partial charge < -0.3 is 0 Å². The molecule has 0 bridgehead atoms. The molecule has 2 saturated heterocycles. The van der Waals surface area contributed by atoms with E-state index in [1.165, 1.54) is 95.3 Å². The Bertz CT molecular complexity index is 1310. The number of fused-ring (bicyclic) bond motifs is 6. The van der Waals surface area contributed by atoms with E-state index in [-0.39, 0.29) is 26.2 Å². The first-order valence-corrected chi connectivity index (χ1v) is 21.3. The van der Waals surface area contributed by atoms with Crippen molar-refractivity contribution in [2.45, 2.75) is 86.9 Å². The average Bonchev–Trinajstić information content (AvgIpc) is 3.47. The Kier molecular flexibility index (Phi) is 8.61. The van der Waals surface area contributed by atoms with Crippen LogP contribution in [0.5, 0.6) is 0 Å². The molecular weight excluding hydrogens is 604 g/mol. The van der Waals surface area contributed by atoms with E-state index in [0.29, 0.717) is 0 Å². The molecule has 0 saturated carbocycles. The van der Waals surface area contributed by atoms with Crippen LogP contribution >= 0.6 is 0 Å². The summed E-state index contributed by atoms with van der Waals surface area (Å²) in [5, 5.41) is 0. The quantitative estimate of drug-likeness (QED) is 0.145. The predicted octanol–water partition coefficient (Wildman–Crippen LogP) is 10.8. The van der Waals surface area contributed by atoms with Crippen molar-refractivity contribution in [3.63, 3.8) is 0 Å². The molecule has 4 aliphatic rings. The second-order valence-electron chi connectivity index (χ2n) is 13.0. The SMILES string of the molecule is CCC[Si]1(C2c3[c-]cccc3-c3ccccc32)CCC1.CCC[Si]1(C2c3[c-]cccc3-c3ccccc32)CCC1.[Zr+2]. The summed E-state index contributed by atoms with van der Waals surface area (Å²) in [7, 11) is -2.29. The van der Waals surface area contributed by atoms with Gasteiger partial charge in [0.25, 0.3) is 0 Å². The Labute approximate surface area is 269 Å². The molecule has 41 heavy (non-hydrogen) atoms. The fourth-order valence-corrected chi connectivity index (χ4v) is 19.8. The minimum absolute atomic E-state index is 0. The molecule has 0 nitrogen and oxygen atoms in total. The van der Waals surface area contributed by atoms with Crippen LogP contribution in [0.15, 0.2) is 84.9 Å². The normalized spacial score (nSPS) is 21.4. The van der Waals surface area contributed by atoms with Gasteiger partial charge in [0.05, 0.1) is 16.1 Å². The molecule has 2 fully saturated rings. The average molecular weight is 646 g/mol. The van der Waals surface area contributed by atoms with Crippen LogP contribution in [0.4, 0.5) is 0 Å². The summed E-state index contributed by atoms with van der Waals surface area (Å²) in [6, 6.07) is 47.7. The summed E-state index contributed by atoms with van der Waals surface area (Å²) in [5.41, 5.74) is 13.6. The third-order valence-corrected chi connectivity index (χ3v) is 22.9. The van der Waals surface area contributed by atoms with E-state index in [1.807, 2.05) is 0 Å². The van der Waals surface area contributed by atoms with E-state index in [9.17, 15) is 0 Å². The van der Waals surface area contributed by atoms with Gasteiger partial charge in [0.1, 0.15) is 0 Å².